The molecule has 6 nitrogen and oxygen atoms in total. The standard InChI is InChI=1S/C16H29N3O3.HI/c1-3-17-16(18-10-6-4-5-7-15(20)21-2)19-13-11-12-8-9-14(13)22-12;/h12-14H,3-11H2,1-2H3,(H2,17,18,19);1H. The van der Waals surface area contributed by atoms with Crippen molar-refractivity contribution in [3.63, 3.8) is 0 Å². The predicted octanol–water partition coefficient (Wildman–Crippen LogP) is 2.21. The average molecular weight is 439 g/mol. The summed E-state index contributed by atoms with van der Waals surface area (Å²) < 4.78 is 10.5. The Labute approximate surface area is 156 Å². The number of unbranched alkanes of at least 4 members (excludes halogenated alkanes) is 2. The van der Waals surface area contributed by atoms with Gasteiger partial charge in [0.1, 0.15) is 0 Å². The molecule has 0 spiro atoms. The Hall–Kier alpha value is -0.570. The van der Waals surface area contributed by atoms with Crippen molar-refractivity contribution >= 4 is 35.9 Å². The van der Waals surface area contributed by atoms with Crippen molar-refractivity contribution in [1.29, 1.82) is 0 Å². The van der Waals surface area contributed by atoms with Crippen molar-refractivity contribution in [3.8, 4) is 0 Å². The minimum absolute atomic E-state index is 0. The number of methoxy groups -OCH3 is 1. The zero-order valence-corrected chi connectivity index (χ0v) is 16.5. The number of fused-ring (bicyclic) bond motifs is 2. The Balaban J connectivity index is 0.00000264. The third kappa shape index (κ3) is 6.82. The summed E-state index contributed by atoms with van der Waals surface area (Å²) in [6, 6.07) is 0.399. The van der Waals surface area contributed by atoms with Crippen molar-refractivity contribution in [2.75, 3.05) is 20.2 Å². The van der Waals surface area contributed by atoms with Crippen LogP contribution in [-0.4, -0.2) is 50.4 Å². The van der Waals surface area contributed by atoms with Gasteiger partial charge in [-0.3, -0.25) is 9.79 Å². The summed E-state index contributed by atoms with van der Waals surface area (Å²) in [5.74, 6) is 0.756. The molecule has 2 N–H and O–H groups in total. The van der Waals surface area contributed by atoms with Gasteiger partial charge in [-0.1, -0.05) is 6.42 Å². The molecular weight excluding hydrogens is 409 g/mol. The molecule has 3 unspecified atom stereocenters. The highest BCUT2D eigenvalue weighted by Gasteiger charge is 2.41. The number of nitrogens with one attached hydrogen (secondary N) is 2. The van der Waals surface area contributed by atoms with Crippen LogP contribution in [0.1, 0.15) is 51.9 Å². The average Bonchev–Trinajstić information content (AvgIpc) is 3.13. The topological polar surface area (TPSA) is 72.0 Å². The quantitative estimate of drug-likeness (QED) is 0.200. The number of hydrogen-bond donors (Lipinski definition) is 2. The number of rotatable bonds is 8. The summed E-state index contributed by atoms with van der Waals surface area (Å²) in [5, 5.41) is 6.80. The Morgan fingerprint density at radius 2 is 2.13 bits per heavy atom. The van der Waals surface area contributed by atoms with Gasteiger partial charge in [-0.2, -0.15) is 0 Å². The molecule has 2 heterocycles. The molecule has 2 aliphatic rings. The molecular formula is C16H30IN3O3. The number of ether oxygens (including phenoxy) is 2. The molecule has 2 saturated heterocycles. The van der Waals surface area contributed by atoms with Crippen LogP contribution in [-0.2, 0) is 14.3 Å². The number of guanidine groups is 1. The summed E-state index contributed by atoms with van der Waals surface area (Å²) >= 11 is 0. The van der Waals surface area contributed by atoms with Crippen LogP contribution in [0.3, 0.4) is 0 Å². The lowest BCUT2D eigenvalue weighted by Gasteiger charge is -2.22. The lowest BCUT2D eigenvalue weighted by atomic mass is 9.96. The van der Waals surface area contributed by atoms with Gasteiger partial charge in [-0.25, -0.2) is 0 Å². The van der Waals surface area contributed by atoms with Gasteiger partial charge in [-0.05, 0) is 39.0 Å². The molecule has 2 aliphatic heterocycles. The molecule has 3 atom stereocenters. The number of esters is 1. The van der Waals surface area contributed by atoms with Gasteiger partial charge >= 0.3 is 5.97 Å². The molecule has 2 rings (SSSR count). The minimum Gasteiger partial charge on any atom is -0.469 e. The molecule has 0 aromatic heterocycles. The normalized spacial score (nSPS) is 25.8. The van der Waals surface area contributed by atoms with Crippen LogP contribution in [0, 0.1) is 0 Å². The molecule has 23 heavy (non-hydrogen) atoms. The van der Waals surface area contributed by atoms with E-state index in [4.69, 9.17) is 4.74 Å². The first kappa shape index (κ1) is 20.5. The van der Waals surface area contributed by atoms with Crippen LogP contribution in [0.5, 0.6) is 0 Å². The largest absolute Gasteiger partial charge is 0.469 e. The summed E-state index contributed by atoms with van der Waals surface area (Å²) in [6.07, 6.45) is 7.61. The number of carbonyl (C=O) groups excluding carboxylic acids is 1. The van der Waals surface area contributed by atoms with Crippen LogP contribution in [0.2, 0.25) is 0 Å². The Morgan fingerprint density at radius 1 is 1.30 bits per heavy atom. The maximum atomic E-state index is 11.0. The maximum absolute atomic E-state index is 11.0. The highest BCUT2D eigenvalue weighted by atomic mass is 127. The zero-order chi connectivity index (χ0) is 15.8. The molecule has 0 amide bonds. The summed E-state index contributed by atoms with van der Waals surface area (Å²) in [5.41, 5.74) is 0. The monoisotopic (exact) mass is 439 g/mol. The van der Waals surface area contributed by atoms with E-state index in [0.29, 0.717) is 24.7 Å². The van der Waals surface area contributed by atoms with E-state index in [1.165, 1.54) is 13.5 Å². The number of hydrogen-bond acceptors (Lipinski definition) is 4. The second kappa shape index (κ2) is 11.1. The molecule has 0 saturated carbocycles. The van der Waals surface area contributed by atoms with Crippen molar-refractivity contribution in [2.24, 2.45) is 4.99 Å². The maximum Gasteiger partial charge on any atom is 0.305 e. The highest BCUT2D eigenvalue weighted by molar-refractivity contribution is 14.0. The Morgan fingerprint density at radius 3 is 2.74 bits per heavy atom. The Bertz CT molecular complexity index is 393. The first-order valence-electron chi connectivity index (χ1n) is 8.50. The molecule has 2 bridgehead atoms. The SMILES string of the molecule is CCNC(=NCCCCCC(=O)OC)NC1CC2CCC1O2.I. The van der Waals surface area contributed by atoms with Crippen LogP contribution < -0.4 is 10.6 Å². The van der Waals surface area contributed by atoms with E-state index in [9.17, 15) is 4.79 Å². The van der Waals surface area contributed by atoms with Crippen molar-refractivity contribution in [2.45, 2.75) is 70.1 Å². The van der Waals surface area contributed by atoms with Crippen LogP contribution >= 0.6 is 24.0 Å². The van der Waals surface area contributed by atoms with Gasteiger partial charge in [-0.15, -0.1) is 24.0 Å². The first-order chi connectivity index (χ1) is 10.7. The molecule has 0 radical (unpaired) electrons. The van der Waals surface area contributed by atoms with Crippen molar-refractivity contribution in [1.82, 2.24) is 10.6 Å². The van der Waals surface area contributed by atoms with E-state index >= 15 is 0 Å². The minimum atomic E-state index is -0.130. The van der Waals surface area contributed by atoms with Gasteiger partial charge in [0.2, 0.25) is 0 Å². The van der Waals surface area contributed by atoms with E-state index < -0.39 is 0 Å². The third-order valence-corrected chi connectivity index (χ3v) is 4.31. The molecule has 7 heteroatoms. The molecule has 0 aromatic rings. The van der Waals surface area contributed by atoms with E-state index in [1.807, 2.05) is 0 Å². The molecule has 134 valence electrons. The van der Waals surface area contributed by atoms with E-state index in [2.05, 4.69) is 27.3 Å². The fourth-order valence-corrected chi connectivity index (χ4v) is 3.14. The van der Waals surface area contributed by atoms with E-state index in [-0.39, 0.29) is 29.9 Å². The molecule has 0 aliphatic carbocycles. The second-order valence-electron chi connectivity index (χ2n) is 6.01. The van der Waals surface area contributed by atoms with Crippen LogP contribution in [0.4, 0.5) is 0 Å². The number of halogens is 1. The number of carbonyl (C=O) groups is 1. The van der Waals surface area contributed by atoms with Crippen molar-refractivity contribution < 1.29 is 14.3 Å². The zero-order valence-electron chi connectivity index (χ0n) is 14.2. The van der Waals surface area contributed by atoms with Crippen LogP contribution in [0.25, 0.3) is 0 Å². The molecule has 2 fully saturated rings. The van der Waals surface area contributed by atoms with Gasteiger partial charge < -0.3 is 20.1 Å². The number of nitrogens with zero attached hydrogens (tertiary/aromatic N) is 1. The number of aliphatic imine (C=N–C) groups is 1. The third-order valence-electron chi connectivity index (χ3n) is 4.31. The van der Waals surface area contributed by atoms with E-state index in [1.54, 1.807) is 0 Å². The van der Waals surface area contributed by atoms with E-state index in [0.717, 1.165) is 51.2 Å². The van der Waals surface area contributed by atoms with Gasteiger partial charge in [0.05, 0.1) is 25.4 Å². The van der Waals surface area contributed by atoms with Gasteiger partial charge in [0, 0.05) is 19.5 Å². The van der Waals surface area contributed by atoms with Gasteiger partial charge in [0.25, 0.3) is 0 Å². The summed E-state index contributed by atoms with van der Waals surface area (Å²) in [6.45, 7) is 3.71. The van der Waals surface area contributed by atoms with Crippen LogP contribution in [0.15, 0.2) is 4.99 Å². The first-order valence-corrected chi connectivity index (χ1v) is 8.50. The lowest BCUT2D eigenvalue weighted by molar-refractivity contribution is -0.140. The summed E-state index contributed by atoms with van der Waals surface area (Å²) in [4.78, 5) is 15.6. The lowest BCUT2D eigenvalue weighted by Crippen LogP contribution is -2.47. The fraction of sp³-hybridized carbons (Fsp3) is 0.875. The fourth-order valence-electron chi connectivity index (χ4n) is 3.14. The van der Waals surface area contributed by atoms with Gasteiger partial charge in [0.15, 0.2) is 5.96 Å². The molecule has 0 aromatic carbocycles. The summed E-state index contributed by atoms with van der Waals surface area (Å²) in [7, 11) is 1.43. The Kier molecular flexibility index (Phi) is 9.85. The second-order valence-corrected chi connectivity index (χ2v) is 6.01. The predicted molar refractivity (Wildman–Crippen MR) is 101 cm³/mol. The van der Waals surface area contributed by atoms with Crippen molar-refractivity contribution in [3.05, 3.63) is 0 Å². The smallest absolute Gasteiger partial charge is 0.305 e. The highest BCUT2D eigenvalue weighted by Crippen LogP contribution is 2.34.